The first-order chi connectivity index (χ1) is 9.60. The molecular formula is C15H16N2O2S. The average molecular weight is 288 g/mol. The van der Waals surface area contributed by atoms with Crippen molar-refractivity contribution >= 4 is 23.1 Å². The van der Waals surface area contributed by atoms with Gasteiger partial charge in [-0.3, -0.25) is 10.1 Å². The van der Waals surface area contributed by atoms with Crippen molar-refractivity contribution in [2.45, 2.75) is 11.4 Å². The van der Waals surface area contributed by atoms with E-state index in [0.29, 0.717) is 0 Å². The molecule has 0 bridgehead atoms. The molecule has 0 amide bonds. The van der Waals surface area contributed by atoms with Crippen molar-refractivity contribution in [3.05, 3.63) is 64.2 Å². The number of rotatable bonds is 5. The van der Waals surface area contributed by atoms with Crippen molar-refractivity contribution in [2.75, 3.05) is 18.2 Å². The Labute approximate surface area is 122 Å². The lowest BCUT2D eigenvalue weighted by molar-refractivity contribution is -0.384. The van der Waals surface area contributed by atoms with Crippen LogP contribution >= 0.6 is 11.8 Å². The Morgan fingerprint density at radius 1 is 1.10 bits per heavy atom. The van der Waals surface area contributed by atoms with Crippen molar-refractivity contribution in [1.82, 2.24) is 0 Å². The first-order valence-electron chi connectivity index (χ1n) is 6.18. The third-order valence-corrected chi connectivity index (χ3v) is 3.82. The number of nitro benzene ring substituents is 1. The van der Waals surface area contributed by atoms with Gasteiger partial charge in [-0.2, -0.15) is 0 Å². The zero-order chi connectivity index (χ0) is 14.5. The monoisotopic (exact) mass is 288 g/mol. The molecule has 0 atom stereocenters. The minimum absolute atomic E-state index is 0.117. The lowest BCUT2D eigenvalue weighted by atomic mass is 10.2. The third-order valence-electron chi connectivity index (χ3n) is 3.08. The van der Waals surface area contributed by atoms with Crippen molar-refractivity contribution in [3.8, 4) is 0 Å². The zero-order valence-corrected chi connectivity index (χ0v) is 12.3. The Morgan fingerprint density at radius 2 is 1.70 bits per heavy atom. The Balaban J connectivity index is 2.06. The van der Waals surface area contributed by atoms with Gasteiger partial charge < -0.3 is 4.90 Å². The van der Waals surface area contributed by atoms with Crippen LogP contribution in [0, 0.1) is 10.1 Å². The molecule has 0 aliphatic rings. The van der Waals surface area contributed by atoms with E-state index < -0.39 is 0 Å². The minimum Gasteiger partial charge on any atom is -0.370 e. The number of hydrogen-bond donors (Lipinski definition) is 0. The predicted molar refractivity (Wildman–Crippen MR) is 83.4 cm³/mol. The molecule has 20 heavy (non-hydrogen) atoms. The van der Waals surface area contributed by atoms with E-state index >= 15 is 0 Å². The van der Waals surface area contributed by atoms with Crippen LogP contribution in [0.4, 0.5) is 11.4 Å². The van der Waals surface area contributed by atoms with Gasteiger partial charge in [0.25, 0.3) is 5.69 Å². The number of thioether (sulfide) groups is 1. The van der Waals surface area contributed by atoms with Crippen molar-refractivity contribution in [1.29, 1.82) is 0 Å². The third kappa shape index (κ3) is 3.51. The normalized spacial score (nSPS) is 10.3. The summed E-state index contributed by atoms with van der Waals surface area (Å²) >= 11 is 1.72. The van der Waals surface area contributed by atoms with Gasteiger partial charge >= 0.3 is 0 Å². The molecule has 0 heterocycles. The fraction of sp³-hybridized carbons (Fsp3) is 0.200. The predicted octanol–water partition coefficient (Wildman–Crippen LogP) is 3.95. The summed E-state index contributed by atoms with van der Waals surface area (Å²) in [7, 11) is 1.98. The molecule has 2 aromatic carbocycles. The first-order valence-corrected chi connectivity index (χ1v) is 7.41. The molecule has 0 aromatic heterocycles. The maximum absolute atomic E-state index is 10.6. The van der Waals surface area contributed by atoms with E-state index in [0.717, 1.165) is 12.2 Å². The number of nitro groups is 1. The molecular weight excluding hydrogens is 272 g/mol. The number of benzene rings is 2. The lowest BCUT2D eigenvalue weighted by Crippen LogP contribution is -2.16. The van der Waals surface area contributed by atoms with Crippen LogP contribution in [0.25, 0.3) is 0 Å². The van der Waals surface area contributed by atoms with E-state index in [2.05, 4.69) is 35.4 Å². The Kier molecular flexibility index (Phi) is 4.63. The summed E-state index contributed by atoms with van der Waals surface area (Å²) in [5.41, 5.74) is 2.29. The van der Waals surface area contributed by atoms with E-state index in [-0.39, 0.29) is 10.6 Å². The molecule has 0 radical (unpaired) electrons. The number of anilines is 1. The van der Waals surface area contributed by atoms with E-state index in [1.807, 2.05) is 7.05 Å². The first kappa shape index (κ1) is 14.4. The van der Waals surface area contributed by atoms with Crippen LogP contribution in [0.3, 0.4) is 0 Å². The molecule has 104 valence electrons. The molecule has 2 rings (SSSR count). The molecule has 0 aliphatic carbocycles. The van der Waals surface area contributed by atoms with Gasteiger partial charge in [0.2, 0.25) is 0 Å². The quantitative estimate of drug-likeness (QED) is 0.475. The highest BCUT2D eigenvalue weighted by molar-refractivity contribution is 7.98. The minimum atomic E-state index is -0.384. The zero-order valence-electron chi connectivity index (χ0n) is 11.4. The molecule has 0 N–H and O–H groups in total. The number of nitrogens with zero attached hydrogens (tertiary/aromatic N) is 2. The summed E-state index contributed by atoms with van der Waals surface area (Å²) in [6, 6.07) is 15.0. The standard InChI is InChI=1S/C15H16N2O2S/c1-16(11-12-3-9-15(20-2)10-4-12)13-5-7-14(8-6-13)17(18)19/h3-10H,11H2,1-2H3. The molecule has 5 heteroatoms. The van der Waals surface area contributed by atoms with E-state index in [4.69, 9.17) is 0 Å². The van der Waals surface area contributed by atoms with Gasteiger partial charge in [0.1, 0.15) is 0 Å². The van der Waals surface area contributed by atoms with Crippen LogP contribution in [0.15, 0.2) is 53.4 Å². The van der Waals surface area contributed by atoms with E-state index in [1.165, 1.54) is 22.6 Å². The smallest absolute Gasteiger partial charge is 0.269 e. The number of non-ortho nitro benzene ring substituents is 1. The molecule has 0 unspecified atom stereocenters. The van der Waals surface area contributed by atoms with Crippen LogP contribution in [0.2, 0.25) is 0 Å². The Morgan fingerprint density at radius 3 is 2.20 bits per heavy atom. The molecule has 4 nitrogen and oxygen atoms in total. The van der Waals surface area contributed by atoms with Crippen LogP contribution in [-0.4, -0.2) is 18.2 Å². The van der Waals surface area contributed by atoms with Crippen molar-refractivity contribution in [3.63, 3.8) is 0 Å². The lowest BCUT2D eigenvalue weighted by Gasteiger charge is -2.19. The number of hydrogen-bond acceptors (Lipinski definition) is 4. The van der Waals surface area contributed by atoms with Gasteiger partial charge in [0.05, 0.1) is 4.92 Å². The van der Waals surface area contributed by atoms with Gasteiger partial charge in [-0.1, -0.05) is 12.1 Å². The van der Waals surface area contributed by atoms with Gasteiger partial charge in [0, 0.05) is 36.3 Å². The SMILES string of the molecule is CSc1ccc(CN(C)c2ccc([N+](=O)[O-])cc2)cc1. The van der Waals surface area contributed by atoms with E-state index in [9.17, 15) is 10.1 Å². The molecule has 0 aliphatic heterocycles. The van der Waals surface area contributed by atoms with Crippen LogP contribution in [-0.2, 0) is 6.54 Å². The maximum atomic E-state index is 10.6. The summed E-state index contributed by atoms with van der Waals surface area (Å²) in [6.07, 6.45) is 2.05. The molecule has 0 saturated heterocycles. The second-order valence-electron chi connectivity index (χ2n) is 4.48. The van der Waals surface area contributed by atoms with Crippen LogP contribution in [0.1, 0.15) is 5.56 Å². The van der Waals surface area contributed by atoms with Crippen molar-refractivity contribution < 1.29 is 4.92 Å². The topological polar surface area (TPSA) is 46.4 Å². The fourth-order valence-corrected chi connectivity index (χ4v) is 2.33. The Bertz CT molecular complexity index is 582. The van der Waals surface area contributed by atoms with Crippen LogP contribution < -0.4 is 4.90 Å². The summed E-state index contributed by atoms with van der Waals surface area (Å²) < 4.78 is 0. The molecule has 0 fully saturated rings. The second kappa shape index (κ2) is 6.43. The highest BCUT2D eigenvalue weighted by atomic mass is 32.2. The van der Waals surface area contributed by atoms with Crippen LogP contribution in [0.5, 0.6) is 0 Å². The largest absolute Gasteiger partial charge is 0.370 e. The van der Waals surface area contributed by atoms with Crippen molar-refractivity contribution in [2.24, 2.45) is 0 Å². The molecule has 2 aromatic rings. The maximum Gasteiger partial charge on any atom is 0.269 e. The molecule has 0 saturated carbocycles. The van der Waals surface area contributed by atoms with Gasteiger partial charge in [-0.05, 0) is 36.1 Å². The average Bonchev–Trinajstić information content (AvgIpc) is 2.48. The Hall–Kier alpha value is -2.01. The van der Waals surface area contributed by atoms with Gasteiger partial charge in [0.15, 0.2) is 0 Å². The van der Waals surface area contributed by atoms with Gasteiger partial charge in [-0.25, -0.2) is 0 Å². The summed E-state index contributed by atoms with van der Waals surface area (Å²) in [5, 5.41) is 10.6. The highest BCUT2D eigenvalue weighted by Crippen LogP contribution is 2.21. The molecule has 0 spiro atoms. The summed E-state index contributed by atoms with van der Waals surface area (Å²) in [5.74, 6) is 0. The van der Waals surface area contributed by atoms with E-state index in [1.54, 1.807) is 23.9 Å². The summed E-state index contributed by atoms with van der Waals surface area (Å²) in [6.45, 7) is 0.770. The highest BCUT2D eigenvalue weighted by Gasteiger charge is 2.07. The second-order valence-corrected chi connectivity index (χ2v) is 5.36. The summed E-state index contributed by atoms with van der Waals surface area (Å²) in [4.78, 5) is 13.5. The van der Waals surface area contributed by atoms with Gasteiger partial charge in [-0.15, -0.1) is 11.8 Å². The fourth-order valence-electron chi connectivity index (χ4n) is 1.92.